The van der Waals surface area contributed by atoms with E-state index in [0.717, 1.165) is 64.4 Å². The number of hydrogen-bond donors (Lipinski definition) is 0. The Labute approximate surface area is 170 Å². The Morgan fingerprint density at radius 3 is 2.57 bits per heavy atom. The highest BCUT2D eigenvalue weighted by molar-refractivity contribution is 5.15. The lowest BCUT2D eigenvalue weighted by Crippen LogP contribution is -2.59. The molecule has 1 unspecified atom stereocenters. The van der Waals surface area contributed by atoms with E-state index in [1.54, 1.807) is 0 Å². The summed E-state index contributed by atoms with van der Waals surface area (Å²) >= 11 is 0. The minimum atomic E-state index is 0. The van der Waals surface area contributed by atoms with Crippen molar-refractivity contribution in [2.45, 2.75) is 51.9 Å². The summed E-state index contributed by atoms with van der Waals surface area (Å²) in [5.74, 6) is 1.14. The molecule has 0 N–H and O–H groups in total. The summed E-state index contributed by atoms with van der Waals surface area (Å²) < 4.78 is 8.63. The fourth-order valence-corrected chi connectivity index (χ4v) is 4.60. The molecule has 5 nitrogen and oxygen atoms in total. The Hall–Kier alpha value is -1.69. The summed E-state index contributed by atoms with van der Waals surface area (Å²) in [7, 11) is 2.08. The highest BCUT2D eigenvalue weighted by Crippen LogP contribution is 2.33. The molecule has 2 aliphatic heterocycles. The zero-order valence-corrected chi connectivity index (χ0v) is 16.7. The third-order valence-electron chi connectivity index (χ3n) is 6.09. The number of morpholine rings is 1. The molecule has 2 aromatic rings. The Balaban J connectivity index is 0.00000225. The smallest absolute Gasteiger partial charge is 0.122 e. The second-order valence-electron chi connectivity index (χ2n) is 8.31. The minimum absolute atomic E-state index is 0. The van der Waals surface area contributed by atoms with Gasteiger partial charge < -0.3 is 14.2 Å². The largest absolute Gasteiger partial charge is 0.369 e. The molecule has 1 atom stereocenters. The molecule has 1 aromatic carbocycles. The molecule has 0 amide bonds. The van der Waals surface area contributed by atoms with Crippen LogP contribution in [-0.2, 0) is 24.8 Å². The molecular formula is C23H36N4O. The van der Waals surface area contributed by atoms with Crippen LogP contribution in [0.3, 0.4) is 0 Å². The summed E-state index contributed by atoms with van der Waals surface area (Å²) in [5, 5.41) is 0. The number of aromatic nitrogens is 2. The Morgan fingerprint density at radius 2 is 1.89 bits per heavy atom. The molecule has 4 rings (SSSR count). The van der Waals surface area contributed by atoms with Crippen LogP contribution in [0.2, 0.25) is 0 Å². The van der Waals surface area contributed by atoms with Gasteiger partial charge in [0.2, 0.25) is 0 Å². The molecule has 1 spiro atoms. The van der Waals surface area contributed by atoms with E-state index in [9.17, 15) is 0 Å². The molecule has 2 fully saturated rings. The maximum atomic E-state index is 6.51. The third-order valence-corrected chi connectivity index (χ3v) is 6.09. The third kappa shape index (κ3) is 5.02. The van der Waals surface area contributed by atoms with Crippen molar-refractivity contribution in [1.29, 1.82) is 0 Å². The van der Waals surface area contributed by atoms with Crippen molar-refractivity contribution in [2.24, 2.45) is 7.05 Å². The van der Waals surface area contributed by atoms with Gasteiger partial charge in [0.1, 0.15) is 5.82 Å². The van der Waals surface area contributed by atoms with Gasteiger partial charge in [0.15, 0.2) is 0 Å². The summed E-state index contributed by atoms with van der Waals surface area (Å²) in [4.78, 5) is 9.64. The van der Waals surface area contributed by atoms with Crippen molar-refractivity contribution >= 4 is 0 Å². The fraction of sp³-hybridized carbons (Fsp3) is 0.609. The lowest BCUT2D eigenvalue weighted by molar-refractivity contribution is -0.171. The average molecular weight is 385 g/mol. The lowest BCUT2D eigenvalue weighted by atomic mass is 9.88. The van der Waals surface area contributed by atoms with Gasteiger partial charge in [-0.25, -0.2) is 4.98 Å². The molecule has 1 aromatic heterocycles. The van der Waals surface area contributed by atoms with E-state index in [-0.39, 0.29) is 19.1 Å². The lowest BCUT2D eigenvalue weighted by Gasteiger charge is -2.49. The zero-order valence-electron chi connectivity index (χ0n) is 16.7. The molecule has 0 radical (unpaired) electrons. The van der Waals surface area contributed by atoms with Crippen LogP contribution < -0.4 is 0 Å². The first-order valence-corrected chi connectivity index (χ1v) is 10.2. The molecule has 0 aliphatic carbocycles. The van der Waals surface area contributed by atoms with E-state index in [4.69, 9.17) is 4.74 Å². The van der Waals surface area contributed by atoms with Gasteiger partial charge in [-0.3, -0.25) is 4.90 Å². The number of nitrogens with zero attached hydrogens (tertiary/aromatic N) is 4. The van der Waals surface area contributed by atoms with Crippen LogP contribution >= 0.6 is 0 Å². The number of aryl methyl sites for hydroxylation is 1. The SMILES string of the molecule is C.CC1CN(Cc2nccn2C)CC2(CCN(CCc3ccccc3)CC2)O1. The van der Waals surface area contributed by atoms with Gasteiger partial charge in [-0.2, -0.15) is 0 Å². The van der Waals surface area contributed by atoms with E-state index in [2.05, 4.69) is 63.7 Å². The predicted octanol–water partition coefficient (Wildman–Crippen LogP) is 3.35. The van der Waals surface area contributed by atoms with E-state index < -0.39 is 0 Å². The molecule has 3 heterocycles. The van der Waals surface area contributed by atoms with Crippen molar-refractivity contribution in [1.82, 2.24) is 19.4 Å². The number of hydrogen-bond acceptors (Lipinski definition) is 4. The first-order valence-electron chi connectivity index (χ1n) is 10.2. The van der Waals surface area contributed by atoms with Crippen LogP contribution in [0.5, 0.6) is 0 Å². The van der Waals surface area contributed by atoms with Gasteiger partial charge in [-0.15, -0.1) is 0 Å². The number of likely N-dealkylation sites (tertiary alicyclic amines) is 1. The molecule has 5 heteroatoms. The summed E-state index contributed by atoms with van der Waals surface area (Å²) in [5.41, 5.74) is 1.45. The average Bonchev–Trinajstić information content (AvgIpc) is 3.06. The van der Waals surface area contributed by atoms with Crippen molar-refractivity contribution in [3.05, 3.63) is 54.1 Å². The van der Waals surface area contributed by atoms with Crippen LogP contribution in [-0.4, -0.2) is 63.8 Å². The second-order valence-corrected chi connectivity index (χ2v) is 8.31. The first-order chi connectivity index (χ1) is 13.1. The summed E-state index contributed by atoms with van der Waals surface area (Å²) in [6, 6.07) is 10.8. The number of ether oxygens (including phenoxy) is 1. The zero-order chi connectivity index (χ0) is 18.7. The molecular weight excluding hydrogens is 348 g/mol. The number of rotatable bonds is 5. The van der Waals surface area contributed by atoms with Crippen molar-refractivity contribution in [3.8, 4) is 0 Å². The maximum absolute atomic E-state index is 6.51. The van der Waals surface area contributed by atoms with Crippen LogP contribution in [0.4, 0.5) is 0 Å². The van der Waals surface area contributed by atoms with Gasteiger partial charge >= 0.3 is 0 Å². The normalized spacial score (nSPS) is 22.9. The Bertz CT molecular complexity index is 721. The minimum Gasteiger partial charge on any atom is -0.369 e. The van der Waals surface area contributed by atoms with E-state index in [0.29, 0.717) is 0 Å². The van der Waals surface area contributed by atoms with Crippen LogP contribution in [0.15, 0.2) is 42.7 Å². The highest BCUT2D eigenvalue weighted by Gasteiger charge is 2.41. The standard InChI is InChI=1S/C22H32N4O.CH4/c1-19-16-26(17-21-23-11-15-24(21)2)18-22(27-19)9-13-25(14-10-22)12-8-20-6-4-3-5-7-20;/h3-7,11,15,19H,8-10,12-14,16-18H2,1-2H3;1H4. The van der Waals surface area contributed by atoms with E-state index in [1.807, 2.05) is 12.4 Å². The number of imidazole rings is 1. The number of benzene rings is 1. The summed E-state index contributed by atoms with van der Waals surface area (Å²) in [6.07, 6.45) is 7.60. The van der Waals surface area contributed by atoms with Gasteiger partial charge in [0.25, 0.3) is 0 Å². The van der Waals surface area contributed by atoms with Gasteiger partial charge in [-0.05, 0) is 31.7 Å². The molecule has 0 saturated carbocycles. The van der Waals surface area contributed by atoms with Crippen LogP contribution in [0, 0.1) is 0 Å². The maximum Gasteiger partial charge on any atom is 0.122 e. The van der Waals surface area contributed by atoms with Gasteiger partial charge in [-0.1, -0.05) is 37.8 Å². The predicted molar refractivity (Wildman–Crippen MR) is 114 cm³/mol. The van der Waals surface area contributed by atoms with Crippen molar-refractivity contribution in [3.63, 3.8) is 0 Å². The van der Waals surface area contributed by atoms with Crippen LogP contribution in [0.1, 0.15) is 38.6 Å². The topological polar surface area (TPSA) is 33.5 Å². The molecule has 2 saturated heterocycles. The molecule has 2 aliphatic rings. The molecule has 154 valence electrons. The monoisotopic (exact) mass is 384 g/mol. The summed E-state index contributed by atoms with van der Waals surface area (Å²) in [6.45, 7) is 8.56. The van der Waals surface area contributed by atoms with Gasteiger partial charge in [0.05, 0.1) is 18.2 Å². The van der Waals surface area contributed by atoms with Crippen LogP contribution in [0.25, 0.3) is 0 Å². The van der Waals surface area contributed by atoms with Crippen molar-refractivity contribution in [2.75, 3.05) is 32.7 Å². The van der Waals surface area contributed by atoms with E-state index >= 15 is 0 Å². The molecule has 0 bridgehead atoms. The number of piperidine rings is 1. The quantitative estimate of drug-likeness (QED) is 0.792. The Kier molecular flexibility index (Phi) is 6.91. The Morgan fingerprint density at radius 1 is 1.14 bits per heavy atom. The second kappa shape index (κ2) is 9.21. The van der Waals surface area contributed by atoms with Crippen molar-refractivity contribution < 1.29 is 4.74 Å². The molecule has 28 heavy (non-hydrogen) atoms. The first kappa shape index (κ1) is 21.0. The highest BCUT2D eigenvalue weighted by atomic mass is 16.5. The van der Waals surface area contributed by atoms with Gasteiger partial charge in [0, 0.05) is 52.2 Å². The fourth-order valence-electron chi connectivity index (χ4n) is 4.60. The van der Waals surface area contributed by atoms with E-state index in [1.165, 1.54) is 5.56 Å².